The Labute approximate surface area is 125 Å². The van der Waals surface area contributed by atoms with Gasteiger partial charge in [-0.2, -0.15) is 0 Å². The molecule has 0 spiro atoms. The van der Waals surface area contributed by atoms with Crippen LogP contribution in [0, 0.1) is 10.1 Å². The number of benzene rings is 2. The van der Waals surface area contributed by atoms with Crippen molar-refractivity contribution < 1.29 is 9.72 Å². The Kier molecular flexibility index (Phi) is 3.19. The number of halogens is 1. The van der Waals surface area contributed by atoms with Gasteiger partial charge in [-0.1, -0.05) is 41.9 Å². The molecule has 2 aromatic carbocycles. The maximum Gasteiger partial charge on any atom is 0.340 e. The van der Waals surface area contributed by atoms with Gasteiger partial charge in [0.1, 0.15) is 5.70 Å². The van der Waals surface area contributed by atoms with Crippen molar-refractivity contribution in [2.75, 3.05) is 5.32 Å². The minimum absolute atomic E-state index is 0.197. The van der Waals surface area contributed by atoms with Gasteiger partial charge in [-0.25, -0.2) is 0 Å². The van der Waals surface area contributed by atoms with Crippen LogP contribution in [0.1, 0.15) is 15.9 Å². The number of ketones is 1. The van der Waals surface area contributed by atoms with Gasteiger partial charge < -0.3 is 5.32 Å². The van der Waals surface area contributed by atoms with E-state index >= 15 is 0 Å². The van der Waals surface area contributed by atoms with E-state index in [9.17, 15) is 14.9 Å². The molecular formula is C15H9ClN2O3. The van der Waals surface area contributed by atoms with Gasteiger partial charge in [0.05, 0.1) is 4.92 Å². The molecular weight excluding hydrogens is 292 g/mol. The molecule has 0 atom stereocenters. The van der Waals surface area contributed by atoms with Crippen LogP contribution >= 0.6 is 11.6 Å². The zero-order chi connectivity index (χ0) is 15.0. The lowest BCUT2D eigenvalue weighted by atomic mass is 10.1. The molecule has 1 aliphatic carbocycles. The fraction of sp³-hybridized carbons (Fsp3) is 0. The van der Waals surface area contributed by atoms with Crippen LogP contribution in [0.5, 0.6) is 0 Å². The van der Waals surface area contributed by atoms with Gasteiger partial charge >= 0.3 is 5.70 Å². The van der Waals surface area contributed by atoms with E-state index < -0.39 is 16.4 Å². The number of Topliss-reactive ketones (excluding diaryl/α,β-unsaturated/α-hetero) is 1. The van der Waals surface area contributed by atoms with Crippen molar-refractivity contribution in [3.63, 3.8) is 0 Å². The fourth-order valence-corrected chi connectivity index (χ4v) is 2.47. The van der Waals surface area contributed by atoms with Crippen molar-refractivity contribution in [1.82, 2.24) is 0 Å². The van der Waals surface area contributed by atoms with Crippen molar-refractivity contribution in [2.24, 2.45) is 0 Å². The van der Waals surface area contributed by atoms with E-state index in [0.29, 0.717) is 21.8 Å². The van der Waals surface area contributed by atoms with Gasteiger partial charge in [0, 0.05) is 21.8 Å². The van der Waals surface area contributed by atoms with E-state index in [2.05, 4.69) is 5.32 Å². The third-order valence-corrected chi connectivity index (χ3v) is 3.40. The molecule has 2 aromatic rings. The lowest BCUT2D eigenvalue weighted by molar-refractivity contribution is -0.415. The molecule has 5 nitrogen and oxygen atoms in total. The number of hydrogen-bond donors (Lipinski definition) is 1. The Bertz CT molecular complexity index is 799. The summed E-state index contributed by atoms with van der Waals surface area (Å²) in [6.07, 6.45) is 0. The molecule has 0 aliphatic heterocycles. The molecule has 0 amide bonds. The molecule has 0 unspecified atom stereocenters. The first kappa shape index (κ1) is 13.3. The topological polar surface area (TPSA) is 72.2 Å². The van der Waals surface area contributed by atoms with Crippen molar-refractivity contribution >= 4 is 28.8 Å². The van der Waals surface area contributed by atoms with Gasteiger partial charge in [-0.05, 0) is 18.2 Å². The highest BCUT2D eigenvalue weighted by Crippen LogP contribution is 2.34. The molecule has 0 bridgehead atoms. The molecule has 0 fully saturated rings. The van der Waals surface area contributed by atoms with E-state index in [1.807, 2.05) is 0 Å². The molecule has 1 N–H and O–H groups in total. The van der Waals surface area contributed by atoms with Crippen LogP contribution in [0.25, 0.3) is 5.70 Å². The van der Waals surface area contributed by atoms with Gasteiger partial charge in [-0.3, -0.25) is 14.9 Å². The van der Waals surface area contributed by atoms with Crippen LogP contribution in [0.2, 0.25) is 5.02 Å². The Morgan fingerprint density at radius 3 is 2.43 bits per heavy atom. The van der Waals surface area contributed by atoms with Crippen molar-refractivity contribution in [2.45, 2.75) is 0 Å². The second kappa shape index (κ2) is 5.03. The summed E-state index contributed by atoms with van der Waals surface area (Å²) in [6.45, 7) is 0. The summed E-state index contributed by atoms with van der Waals surface area (Å²) in [7, 11) is 0. The maximum atomic E-state index is 12.1. The number of rotatable bonds is 3. The smallest absolute Gasteiger partial charge is 0.340 e. The highest BCUT2D eigenvalue weighted by molar-refractivity contribution is 6.31. The Morgan fingerprint density at radius 2 is 1.76 bits per heavy atom. The van der Waals surface area contributed by atoms with E-state index in [0.717, 1.165) is 0 Å². The molecule has 6 heteroatoms. The van der Waals surface area contributed by atoms with E-state index in [-0.39, 0.29) is 5.70 Å². The van der Waals surface area contributed by atoms with Gasteiger partial charge in [0.2, 0.25) is 0 Å². The molecule has 0 saturated carbocycles. The average molecular weight is 301 g/mol. The SMILES string of the molecule is O=C1C([N+](=O)[O-])=C(Nc2cccc(Cl)c2)c2ccccc21. The minimum atomic E-state index is -0.658. The lowest BCUT2D eigenvalue weighted by Gasteiger charge is -2.08. The second-order valence-electron chi connectivity index (χ2n) is 4.49. The van der Waals surface area contributed by atoms with E-state index in [1.165, 1.54) is 0 Å². The van der Waals surface area contributed by atoms with Gasteiger partial charge in [0.25, 0.3) is 5.78 Å². The first-order valence-corrected chi connectivity index (χ1v) is 6.51. The molecule has 104 valence electrons. The van der Waals surface area contributed by atoms with Crippen LogP contribution in [-0.2, 0) is 0 Å². The zero-order valence-corrected chi connectivity index (χ0v) is 11.4. The molecule has 1 aliphatic rings. The highest BCUT2D eigenvalue weighted by atomic mass is 35.5. The summed E-state index contributed by atoms with van der Waals surface area (Å²) < 4.78 is 0. The summed E-state index contributed by atoms with van der Waals surface area (Å²) in [5.41, 5.74) is 1.18. The zero-order valence-electron chi connectivity index (χ0n) is 10.7. The quantitative estimate of drug-likeness (QED) is 0.694. The number of nitro groups is 1. The number of nitrogens with zero attached hydrogens (tertiary/aromatic N) is 1. The van der Waals surface area contributed by atoms with Crippen LogP contribution in [0.3, 0.4) is 0 Å². The standard InChI is InChI=1S/C15H9ClN2O3/c16-9-4-3-5-10(8-9)17-13-11-6-1-2-7-12(11)15(19)14(13)18(20)21/h1-8,17H. The molecule has 0 aromatic heterocycles. The van der Waals surface area contributed by atoms with Gasteiger partial charge in [-0.15, -0.1) is 0 Å². The molecule has 21 heavy (non-hydrogen) atoms. The third-order valence-electron chi connectivity index (χ3n) is 3.17. The predicted molar refractivity (Wildman–Crippen MR) is 79.8 cm³/mol. The van der Waals surface area contributed by atoms with E-state index in [4.69, 9.17) is 11.6 Å². The average Bonchev–Trinajstić information content (AvgIpc) is 2.73. The lowest BCUT2D eigenvalue weighted by Crippen LogP contribution is -2.10. The van der Waals surface area contributed by atoms with Crippen LogP contribution in [0.4, 0.5) is 5.69 Å². The number of carbonyl (C=O) groups excluding carboxylic acids is 1. The van der Waals surface area contributed by atoms with Crippen molar-refractivity contribution in [1.29, 1.82) is 0 Å². The normalized spacial score (nSPS) is 13.3. The summed E-state index contributed by atoms with van der Waals surface area (Å²) in [5, 5.41) is 14.6. The molecule has 0 radical (unpaired) electrons. The number of anilines is 1. The highest BCUT2D eigenvalue weighted by Gasteiger charge is 2.38. The first-order valence-electron chi connectivity index (χ1n) is 6.13. The summed E-state index contributed by atoms with van der Waals surface area (Å²) in [5.74, 6) is -0.583. The number of nitrogens with one attached hydrogen (secondary N) is 1. The van der Waals surface area contributed by atoms with Crippen molar-refractivity contribution in [3.8, 4) is 0 Å². The summed E-state index contributed by atoms with van der Waals surface area (Å²) in [4.78, 5) is 22.7. The molecule has 0 saturated heterocycles. The summed E-state index contributed by atoms with van der Waals surface area (Å²) >= 11 is 5.90. The number of allylic oxidation sites excluding steroid dienone is 1. The number of fused-ring (bicyclic) bond motifs is 1. The molecule has 0 heterocycles. The Hall–Kier alpha value is -2.66. The van der Waals surface area contributed by atoms with Crippen LogP contribution in [-0.4, -0.2) is 10.7 Å². The van der Waals surface area contributed by atoms with Crippen molar-refractivity contribution in [3.05, 3.63) is 80.5 Å². The van der Waals surface area contributed by atoms with Gasteiger partial charge in [0.15, 0.2) is 0 Å². The second-order valence-corrected chi connectivity index (χ2v) is 4.93. The largest absolute Gasteiger partial charge is 0.349 e. The third kappa shape index (κ3) is 2.28. The number of carbonyl (C=O) groups is 1. The van der Waals surface area contributed by atoms with Crippen LogP contribution in [0.15, 0.2) is 54.2 Å². The fourth-order valence-electron chi connectivity index (χ4n) is 2.28. The monoisotopic (exact) mass is 300 g/mol. The Balaban J connectivity index is 2.12. The van der Waals surface area contributed by atoms with E-state index in [1.54, 1.807) is 48.5 Å². The Morgan fingerprint density at radius 1 is 1.05 bits per heavy atom. The summed E-state index contributed by atoms with van der Waals surface area (Å²) in [6, 6.07) is 13.4. The first-order chi connectivity index (χ1) is 10.1. The maximum absolute atomic E-state index is 12.1. The van der Waals surface area contributed by atoms with Crippen LogP contribution < -0.4 is 5.32 Å². The minimum Gasteiger partial charge on any atom is -0.349 e. The predicted octanol–water partition coefficient (Wildman–Crippen LogP) is 3.59. The molecule has 3 rings (SSSR count). The number of hydrogen-bond acceptors (Lipinski definition) is 4.